The van der Waals surface area contributed by atoms with Crippen LogP contribution < -0.4 is 4.90 Å². The molecule has 0 atom stereocenters. The Kier molecular flexibility index (Phi) is 7.30. The maximum atomic E-state index is 12.4. The first kappa shape index (κ1) is 23.2. The number of ether oxygens (including phenoxy) is 1. The number of nitrogens with zero attached hydrogens (tertiary/aromatic N) is 4. The van der Waals surface area contributed by atoms with Crippen LogP contribution in [0.1, 0.15) is 29.8 Å². The van der Waals surface area contributed by atoms with Gasteiger partial charge in [0.2, 0.25) is 10.0 Å². The Morgan fingerprint density at radius 3 is 2.32 bits per heavy atom. The number of rotatable bonds is 7. The summed E-state index contributed by atoms with van der Waals surface area (Å²) in [6.45, 7) is 7.50. The van der Waals surface area contributed by atoms with Crippen LogP contribution in [0.4, 0.5) is 5.82 Å². The molecule has 31 heavy (non-hydrogen) atoms. The molecule has 168 valence electrons. The third-order valence-corrected chi connectivity index (χ3v) is 6.96. The molecule has 9 heteroatoms. The van der Waals surface area contributed by atoms with E-state index >= 15 is 0 Å². The summed E-state index contributed by atoms with van der Waals surface area (Å²) in [6, 6.07) is 10.5. The van der Waals surface area contributed by atoms with E-state index in [-0.39, 0.29) is 12.1 Å². The lowest BCUT2D eigenvalue weighted by Gasteiger charge is -2.36. The number of carbonyl (C=O) groups is 1. The summed E-state index contributed by atoms with van der Waals surface area (Å²) >= 11 is 0. The number of pyridine rings is 1. The Morgan fingerprint density at radius 1 is 1.10 bits per heavy atom. The van der Waals surface area contributed by atoms with Crippen molar-refractivity contribution < 1.29 is 17.9 Å². The molecule has 2 heterocycles. The number of aromatic nitrogens is 1. The highest BCUT2D eigenvalue weighted by Gasteiger charge is 2.24. The molecule has 1 aliphatic rings. The van der Waals surface area contributed by atoms with Gasteiger partial charge in [-0.15, -0.1) is 0 Å². The van der Waals surface area contributed by atoms with Crippen molar-refractivity contribution >= 4 is 21.8 Å². The minimum Gasteiger partial charge on any atom is -0.459 e. The van der Waals surface area contributed by atoms with E-state index < -0.39 is 10.0 Å². The standard InChI is InChI=1S/C22H30N4O4S/c1-17(2)30-22(27)20-6-5-11-23-21(20)26-14-12-25(13-15-26)16-18-7-9-19(10-8-18)31(28,29)24(3)4/h5-11,17H,12-16H2,1-4H3. The van der Waals surface area contributed by atoms with Crippen LogP contribution in [0.2, 0.25) is 0 Å². The summed E-state index contributed by atoms with van der Waals surface area (Å²) in [6.07, 6.45) is 1.51. The van der Waals surface area contributed by atoms with Gasteiger partial charge in [0, 0.05) is 53.0 Å². The van der Waals surface area contributed by atoms with Gasteiger partial charge in [0.1, 0.15) is 11.4 Å². The predicted molar refractivity (Wildman–Crippen MR) is 120 cm³/mol. The van der Waals surface area contributed by atoms with Crippen molar-refractivity contribution in [3.05, 3.63) is 53.7 Å². The number of hydrogen-bond acceptors (Lipinski definition) is 7. The quantitative estimate of drug-likeness (QED) is 0.603. The molecule has 3 rings (SSSR count). The first-order chi connectivity index (χ1) is 14.7. The predicted octanol–water partition coefficient (Wildman–Crippen LogP) is 2.22. The van der Waals surface area contributed by atoms with Gasteiger partial charge in [0.15, 0.2) is 0 Å². The van der Waals surface area contributed by atoms with E-state index in [1.165, 1.54) is 18.4 Å². The highest BCUT2D eigenvalue weighted by Crippen LogP contribution is 2.21. The summed E-state index contributed by atoms with van der Waals surface area (Å²) in [5.41, 5.74) is 1.55. The lowest BCUT2D eigenvalue weighted by molar-refractivity contribution is 0.0378. The van der Waals surface area contributed by atoms with Crippen LogP contribution >= 0.6 is 0 Å². The molecule has 0 unspecified atom stereocenters. The largest absolute Gasteiger partial charge is 0.459 e. The van der Waals surface area contributed by atoms with Crippen molar-refractivity contribution in [3.63, 3.8) is 0 Å². The SMILES string of the molecule is CC(C)OC(=O)c1cccnc1N1CCN(Cc2ccc(S(=O)(=O)N(C)C)cc2)CC1. The van der Waals surface area contributed by atoms with Gasteiger partial charge >= 0.3 is 5.97 Å². The summed E-state index contributed by atoms with van der Waals surface area (Å²) in [5, 5.41) is 0. The van der Waals surface area contributed by atoms with Crippen molar-refractivity contribution in [2.45, 2.75) is 31.4 Å². The average Bonchev–Trinajstić information content (AvgIpc) is 2.74. The fourth-order valence-corrected chi connectivity index (χ4v) is 4.34. The Labute approximate surface area is 184 Å². The van der Waals surface area contributed by atoms with Crippen molar-refractivity contribution in [3.8, 4) is 0 Å². The second kappa shape index (κ2) is 9.76. The number of piperazine rings is 1. The molecule has 0 aliphatic carbocycles. The van der Waals surface area contributed by atoms with Crippen LogP contribution in [0.15, 0.2) is 47.5 Å². The second-order valence-electron chi connectivity index (χ2n) is 8.02. The average molecular weight is 447 g/mol. The molecule has 1 saturated heterocycles. The molecule has 0 amide bonds. The topological polar surface area (TPSA) is 83.0 Å². The maximum absolute atomic E-state index is 12.4. The third kappa shape index (κ3) is 5.61. The van der Waals surface area contributed by atoms with Gasteiger partial charge in [-0.3, -0.25) is 4.90 Å². The molecule has 0 radical (unpaired) electrons. The van der Waals surface area contributed by atoms with Gasteiger partial charge < -0.3 is 9.64 Å². The monoisotopic (exact) mass is 446 g/mol. The molecule has 0 saturated carbocycles. The Balaban J connectivity index is 1.62. The van der Waals surface area contributed by atoms with E-state index in [2.05, 4.69) is 14.8 Å². The third-order valence-electron chi connectivity index (χ3n) is 5.13. The second-order valence-corrected chi connectivity index (χ2v) is 10.2. The van der Waals surface area contributed by atoms with Crippen molar-refractivity contribution in [1.29, 1.82) is 0 Å². The lowest BCUT2D eigenvalue weighted by Crippen LogP contribution is -2.46. The highest BCUT2D eigenvalue weighted by molar-refractivity contribution is 7.89. The van der Waals surface area contributed by atoms with Gasteiger partial charge in [-0.2, -0.15) is 0 Å². The van der Waals surface area contributed by atoms with Crippen molar-refractivity contribution in [1.82, 2.24) is 14.2 Å². The molecule has 8 nitrogen and oxygen atoms in total. The molecule has 1 aromatic carbocycles. The summed E-state index contributed by atoms with van der Waals surface area (Å²) in [7, 11) is -0.363. The number of benzene rings is 1. The number of carbonyl (C=O) groups excluding carboxylic acids is 1. The molecular weight excluding hydrogens is 416 g/mol. The minimum atomic E-state index is -3.42. The Morgan fingerprint density at radius 2 is 1.74 bits per heavy atom. The van der Waals surface area contributed by atoms with Crippen LogP contribution in [0, 0.1) is 0 Å². The van der Waals surface area contributed by atoms with E-state index in [4.69, 9.17) is 4.74 Å². The fourth-order valence-electron chi connectivity index (χ4n) is 3.44. The summed E-state index contributed by atoms with van der Waals surface area (Å²) in [5.74, 6) is 0.305. The molecule has 1 aliphatic heterocycles. The first-order valence-corrected chi connectivity index (χ1v) is 11.8. The maximum Gasteiger partial charge on any atom is 0.342 e. The van der Waals surface area contributed by atoms with Crippen LogP contribution in [0.5, 0.6) is 0 Å². The molecule has 0 N–H and O–H groups in total. The Hall–Kier alpha value is -2.49. The number of esters is 1. The molecule has 1 fully saturated rings. The van der Waals surface area contributed by atoms with E-state index in [0.29, 0.717) is 16.3 Å². The highest BCUT2D eigenvalue weighted by atomic mass is 32.2. The first-order valence-electron chi connectivity index (χ1n) is 10.3. The van der Waals surface area contributed by atoms with Crippen LogP contribution in [0.25, 0.3) is 0 Å². The van der Waals surface area contributed by atoms with E-state index in [1.807, 2.05) is 26.0 Å². The zero-order chi connectivity index (χ0) is 22.6. The molecule has 2 aromatic rings. The zero-order valence-corrected chi connectivity index (χ0v) is 19.3. The van der Waals surface area contributed by atoms with Crippen LogP contribution in [-0.2, 0) is 21.3 Å². The van der Waals surface area contributed by atoms with Gasteiger partial charge in [0.25, 0.3) is 0 Å². The minimum absolute atomic E-state index is 0.184. The molecular formula is C22H30N4O4S. The number of sulfonamides is 1. The smallest absolute Gasteiger partial charge is 0.342 e. The summed E-state index contributed by atoms with van der Waals surface area (Å²) < 4.78 is 31.0. The fraction of sp³-hybridized carbons (Fsp3) is 0.455. The van der Waals surface area contributed by atoms with Gasteiger partial charge in [-0.25, -0.2) is 22.5 Å². The lowest BCUT2D eigenvalue weighted by atomic mass is 10.2. The van der Waals surface area contributed by atoms with Crippen molar-refractivity contribution in [2.75, 3.05) is 45.2 Å². The van der Waals surface area contributed by atoms with Gasteiger partial charge in [-0.05, 0) is 43.7 Å². The van der Waals surface area contributed by atoms with E-state index in [0.717, 1.165) is 38.3 Å². The molecule has 0 spiro atoms. The van der Waals surface area contributed by atoms with Gasteiger partial charge in [-0.1, -0.05) is 12.1 Å². The van der Waals surface area contributed by atoms with E-state index in [1.54, 1.807) is 30.5 Å². The number of hydrogen-bond donors (Lipinski definition) is 0. The van der Waals surface area contributed by atoms with Crippen molar-refractivity contribution in [2.24, 2.45) is 0 Å². The zero-order valence-electron chi connectivity index (χ0n) is 18.5. The molecule has 1 aromatic heterocycles. The van der Waals surface area contributed by atoms with E-state index in [9.17, 15) is 13.2 Å². The molecule has 0 bridgehead atoms. The normalized spacial score (nSPS) is 15.5. The van der Waals surface area contributed by atoms with Crippen LogP contribution in [-0.4, -0.2) is 75.0 Å². The summed E-state index contributed by atoms with van der Waals surface area (Å²) in [4.78, 5) is 21.6. The van der Waals surface area contributed by atoms with Crippen LogP contribution in [0.3, 0.4) is 0 Å². The number of anilines is 1. The Bertz CT molecular complexity index is 998. The van der Waals surface area contributed by atoms with Gasteiger partial charge in [0.05, 0.1) is 11.0 Å².